The summed E-state index contributed by atoms with van der Waals surface area (Å²) in [5.74, 6) is 0. The van der Waals surface area contributed by atoms with Crippen molar-refractivity contribution in [3.63, 3.8) is 0 Å². The summed E-state index contributed by atoms with van der Waals surface area (Å²) in [5.41, 5.74) is 1.15. The molecular weight excluding hydrogens is 314 g/mol. The van der Waals surface area contributed by atoms with E-state index in [1.54, 1.807) is 7.11 Å². The van der Waals surface area contributed by atoms with E-state index in [1.165, 1.54) is 0 Å². The lowest BCUT2D eigenvalue weighted by Gasteiger charge is -2.26. The molecule has 1 aromatic rings. The molecule has 102 valence electrons. The van der Waals surface area contributed by atoms with Crippen molar-refractivity contribution in [2.24, 2.45) is 0 Å². The third-order valence-corrected chi connectivity index (χ3v) is 4.00. The molecule has 0 spiro atoms. The van der Waals surface area contributed by atoms with Gasteiger partial charge in [0.15, 0.2) is 0 Å². The third-order valence-electron chi connectivity index (χ3n) is 3.15. The van der Waals surface area contributed by atoms with E-state index in [0.717, 1.165) is 34.3 Å². The Morgan fingerprint density at radius 2 is 2.17 bits per heavy atom. The molecular formula is C14H21BrClNO. The van der Waals surface area contributed by atoms with Crippen LogP contribution in [-0.4, -0.2) is 26.3 Å². The molecule has 1 rings (SSSR count). The maximum absolute atomic E-state index is 6.26. The van der Waals surface area contributed by atoms with Gasteiger partial charge < -0.3 is 10.1 Å². The first kappa shape index (κ1) is 16.0. The van der Waals surface area contributed by atoms with Crippen LogP contribution in [0, 0.1) is 0 Å². The fraction of sp³-hybridized carbons (Fsp3) is 0.571. The minimum Gasteiger partial charge on any atom is -0.380 e. The number of hydrogen-bond acceptors (Lipinski definition) is 2. The number of nitrogens with one attached hydrogen (secondary N) is 1. The van der Waals surface area contributed by atoms with E-state index in [2.05, 4.69) is 34.2 Å². The second kappa shape index (κ2) is 8.16. The minimum absolute atomic E-state index is 0.222. The van der Waals surface area contributed by atoms with E-state index in [4.69, 9.17) is 16.3 Å². The molecule has 0 radical (unpaired) electrons. The predicted molar refractivity (Wildman–Crippen MR) is 81.4 cm³/mol. The molecule has 18 heavy (non-hydrogen) atoms. The molecule has 1 aromatic carbocycles. The van der Waals surface area contributed by atoms with Crippen LogP contribution >= 0.6 is 27.5 Å². The van der Waals surface area contributed by atoms with Gasteiger partial charge in [-0.1, -0.05) is 46.9 Å². The van der Waals surface area contributed by atoms with Crippen molar-refractivity contribution < 1.29 is 4.74 Å². The zero-order valence-electron chi connectivity index (χ0n) is 11.2. The van der Waals surface area contributed by atoms with E-state index >= 15 is 0 Å². The van der Waals surface area contributed by atoms with Crippen LogP contribution < -0.4 is 5.32 Å². The number of methoxy groups -OCH3 is 1. The van der Waals surface area contributed by atoms with Crippen molar-refractivity contribution in [2.75, 3.05) is 14.2 Å². The fourth-order valence-corrected chi connectivity index (χ4v) is 2.86. The van der Waals surface area contributed by atoms with E-state index in [-0.39, 0.29) is 12.1 Å². The van der Waals surface area contributed by atoms with Crippen LogP contribution in [0.2, 0.25) is 5.02 Å². The van der Waals surface area contributed by atoms with Gasteiger partial charge >= 0.3 is 0 Å². The van der Waals surface area contributed by atoms with Crippen molar-refractivity contribution in [1.82, 2.24) is 5.32 Å². The summed E-state index contributed by atoms with van der Waals surface area (Å²) in [4.78, 5) is 0. The highest BCUT2D eigenvalue weighted by Crippen LogP contribution is 2.23. The molecule has 0 fully saturated rings. The van der Waals surface area contributed by atoms with Crippen LogP contribution in [0.25, 0.3) is 0 Å². The maximum Gasteiger partial charge on any atom is 0.0727 e. The molecule has 0 amide bonds. The Labute approximate surface area is 123 Å². The Balaban J connectivity index is 2.78. The number of benzene rings is 1. The lowest BCUT2D eigenvalue weighted by atomic mass is 9.98. The lowest BCUT2D eigenvalue weighted by molar-refractivity contribution is 0.0633. The van der Waals surface area contributed by atoms with Gasteiger partial charge in [-0.25, -0.2) is 0 Å². The van der Waals surface area contributed by atoms with Crippen LogP contribution in [0.4, 0.5) is 0 Å². The first-order valence-electron chi connectivity index (χ1n) is 6.26. The van der Waals surface area contributed by atoms with Crippen molar-refractivity contribution in [1.29, 1.82) is 0 Å². The summed E-state index contributed by atoms with van der Waals surface area (Å²) in [6, 6.07) is 6.31. The summed E-state index contributed by atoms with van der Waals surface area (Å²) in [7, 11) is 3.74. The van der Waals surface area contributed by atoms with Gasteiger partial charge in [-0.15, -0.1) is 0 Å². The third kappa shape index (κ3) is 4.54. The molecule has 2 unspecified atom stereocenters. The van der Waals surface area contributed by atoms with Gasteiger partial charge in [0.25, 0.3) is 0 Å². The lowest BCUT2D eigenvalue weighted by Crippen LogP contribution is -2.40. The highest BCUT2D eigenvalue weighted by Gasteiger charge is 2.20. The van der Waals surface area contributed by atoms with E-state index in [1.807, 2.05) is 19.2 Å². The molecule has 0 heterocycles. The van der Waals surface area contributed by atoms with Crippen LogP contribution in [0.3, 0.4) is 0 Å². The molecule has 2 atom stereocenters. The van der Waals surface area contributed by atoms with Gasteiger partial charge in [0.2, 0.25) is 0 Å². The van der Waals surface area contributed by atoms with Crippen molar-refractivity contribution in [3.8, 4) is 0 Å². The molecule has 0 aliphatic heterocycles. The Hall–Kier alpha value is -0.0900. The van der Waals surface area contributed by atoms with E-state index < -0.39 is 0 Å². The fourth-order valence-electron chi connectivity index (χ4n) is 2.11. The van der Waals surface area contributed by atoms with Crippen molar-refractivity contribution in [3.05, 3.63) is 33.3 Å². The first-order chi connectivity index (χ1) is 8.62. The van der Waals surface area contributed by atoms with Crippen molar-refractivity contribution >= 4 is 27.5 Å². The van der Waals surface area contributed by atoms with E-state index in [9.17, 15) is 0 Å². The highest BCUT2D eigenvalue weighted by atomic mass is 79.9. The summed E-state index contributed by atoms with van der Waals surface area (Å²) < 4.78 is 6.57. The normalized spacial score (nSPS) is 14.5. The number of hydrogen-bond donors (Lipinski definition) is 1. The second-order valence-electron chi connectivity index (χ2n) is 4.40. The Bertz CT molecular complexity index is 373. The summed E-state index contributed by atoms with van der Waals surface area (Å²) in [5, 5.41) is 4.13. The standard InChI is InChI=1S/C14H21BrClNO/c1-4-5-14(18-3)13(17-2)8-10-6-7-11(15)9-12(10)16/h6-7,9,13-14,17H,4-5,8H2,1-3H3. The molecule has 0 saturated carbocycles. The topological polar surface area (TPSA) is 21.3 Å². The molecule has 0 aromatic heterocycles. The van der Waals surface area contributed by atoms with Gasteiger partial charge in [0.1, 0.15) is 0 Å². The smallest absolute Gasteiger partial charge is 0.0727 e. The second-order valence-corrected chi connectivity index (χ2v) is 5.72. The SMILES string of the molecule is CCCC(OC)C(Cc1ccc(Br)cc1Cl)NC. The quantitative estimate of drug-likeness (QED) is 0.812. The zero-order valence-corrected chi connectivity index (χ0v) is 13.5. The molecule has 0 aliphatic carbocycles. The van der Waals surface area contributed by atoms with Crippen molar-refractivity contribution in [2.45, 2.75) is 38.3 Å². The Kier molecular flexibility index (Phi) is 7.23. The molecule has 0 aliphatic rings. The average Bonchev–Trinajstić information content (AvgIpc) is 2.36. The van der Waals surface area contributed by atoms with Crippen LogP contribution in [-0.2, 0) is 11.2 Å². The number of likely N-dealkylation sites (N-methyl/N-ethyl adjacent to an activating group) is 1. The van der Waals surface area contributed by atoms with Gasteiger partial charge in [0.05, 0.1) is 6.10 Å². The Morgan fingerprint density at radius 1 is 1.44 bits per heavy atom. The Morgan fingerprint density at radius 3 is 2.67 bits per heavy atom. The number of ether oxygens (including phenoxy) is 1. The molecule has 2 nitrogen and oxygen atoms in total. The number of rotatable bonds is 7. The molecule has 4 heteroatoms. The largest absolute Gasteiger partial charge is 0.380 e. The predicted octanol–water partition coefficient (Wildman–Crippen LogP) is 4.05. The van der Waals surface area contributed by atoms with Gasteiger partial charge in [0, 0.05) is 22.6 Å². The van der Waals surface area contributed by atoms with Gasteiger partial charge in [-0.2, -0.15) is 0 Å². The monoisotopic (exact) mass is 333 g/mol. The summed E-state index contributed by atoms with van der Waals surface area (Å²) in [6.07, 6.45) is 3.27. The number of halogens is 2. The van der Waals surface area contributed by atoms with Gasteiger partial charge in [-0.05, 0) is 37.6 Å². The zero-order chi connectivity index (χ0) is 13.5. The van der Waals surface area contributed by atoms with Gasteiger partial charge in [-0.3, -0.25) is 0 Å². The molecule has 0 saturated heterocycles. The highest BCUT2D eigenvalue weighted by molar-refractivity contribution is 9.10. The minimum atomic E-state index is 0.222. The average molecular weight is 335 g/mol. The van der Waals surface area contributed by atoms with Crippen LogP contribution in [0.1, 0.15) is 25.3 Å². The van der Waals surface area contributed by atoms with E-state index in [0.29, 0.717) is 0 Å². The summed E-state index contributed by atoms with van der Waals surface area (Å²) in [6.45, 7) is 2.17. The maximum atomic E-state index is 6.26. The van der Waals surface area contributed by atoms with Crippen LogP contribution in [0.5, 0.6) is 0 Å². The first-order valence-corrected chi connectivity index (χ1v) is 7.43. The molecule has 0 bridgehead atoms. The molecule has 1 N–H and O–H groups in total. The summed E-state index contributed by atoms with van der Waals surface area (Å²) >= 11 is 9.68. The van der Waals surface area contributed by atoms with Crippen LogP contribution in [0.15, 0.2) is 22.7 Å².